The molecule has 1 N–H and O–H groups in total. The number of ether oxygens (including phenoxy) is 1. The maximum absolute atomic E-state index is 9.53. The number of hydrogen-bond donors (Lipinski definition) is 1. The van der Waals surface area contributed by atoms with Crippen LogP contribution in [0.4, 0.5) is 0 Å². The zero-order chi connectivity index (χ0) is 10.0. The molecule has 0 aromatic heterocycles. The van der Waals surface area contributed by atoms with Crippen molar-refractivity contribution in [1.82, 2.24) is 4.90 Å². The van der Waals surface area contributed by atoms with Crippen molar-refractivity contribution in [2.75, 3.05) is 26.2 Å². The van der Waals surface area contributed by atoms with E-state index in [9.17, 15) is 5.11 Å². The summed E-state index contributed by atoms with van der Waals surface area (Å²) in [6.07, 6.45) is 5.41. The maximum Gasteiger partial charge on any atom is 0.0872 e. The van der Waals surface area contributed by atoms with Crippen LogP contribution in [0.3, 0.4) is 0 Å². The molecule has 0 bridgehead atoms. The van der Waals surface area contributed by atoms with E-state index in [-0.39, 0.29) is 0 Å². The van der Waals surface area contributed by atoms with Crippen LogP contribution in [0.15, 0.2) is 0 Å². The van der Waals surface area contributed by atoms with Crippen molar-refractivity contribution in [3.8, 4) is 0 Å². The number of likely N-dealkylation sites (tertiary alicyclic amines) is 1. The lowest BCUT2D eigenvalue weighted by Crippen LogP contribution is -2.59. The van der Waals surface area contributed by atoms with Crippen molar-refractivity contribution in [3.63, 3.8) is 0 Å². The molecule has 2 aliphatic heterocycles. The fourth-order valence-electron chi connectivity index (χ4n) is 2.49. The minimum Gasteiger partial charge on any atom is -0.388 e. The van der Waals surface area contributed by atoms with Gasteiger partial charge in [-0.1, -0.05) is 0 Å². The van der Waals surface area contributed by atoms with Crippen LogP contribution in [0.5, 0.6) is 0 Å². The predicted octanol–water partition coefficient (Wildman–Crippen LogP) is 1.01. The molecule has 3 nitrogen and oxygen atoms in total. The van der Waals surface area contributed by atoms with E-state index in [4.69, 9.17) is 4.74 Å². The highest BCUT2D eigenvalue weighted by molar-refractivity contribution is 4.91. The van der Waals surface area contributed by atoms with Crippen LogP contribution in [-0.2, 0) is 4.74 Å². The molecule has 2 rings (SSSR count). The third-order valence-corrected chi connectivity index (χ3v) is 3.15. The molecular formula is C11H21NO2. The van der Waals surface area contributed by atoms with Gasteiger partial charge in [0.1, 0.15) is 0 Å². The molecule has 0 saturated carbocycles. The molecule has 0 aromatic carbocycles. The third-order valence-electron chi connectivity index (χ3n) is 3.15. The zero-order valence-electron chi connectivity index (χ0n) is 9.04. The summed E-state index contributed by atoms with van der Waals surface area (Å²) in [6, 6.07) is 0. The Bertz CT molecular complexity index is 180. The van der Waals surface area contributed by atoms with Crippen molar-refractivity contribution in [3.05, 3.63) is 0 Å². The van der Waals surface area contributed by atoms with Crippen LogP contribution in [-0.4, -0.2) is 48.0 Å². The van der Waals surface area contributed by atoms with E-state index in [0.29, 0.717) is 6.10 Å². The first-order valence-corrected chi connectivity index (χ1v) is 5.72. The normalized spacial score (nSPS) is 31.7. The smallest absolute Gasteiger partial charge is 0.0872 e. The highest BCUT2D eigenvalue weighted by atomic mass is 16.5. The molecule has 1 unspecified atom stereocenters. The first-order valence-electron chi connectivity index (χ1n) is 5.72. The fraction of sp³-hybridized carbons (Fsp3) is 1.00. The minimum atomic E-state index is -0.413. The van der Waals surface area contributed by atoms with Crippen LogP contribution in [0, 0.1) is 0 Å². The van der Waals surface area contributed by atoms with E-state index in [1.165, 1.54) is 25.7 Å². The van der Waals surface area contributed by atoms with Crippen LogP contribution in [0.1, 0.15) is 32.6 Å². The second-order valence-corrected chi connectivity index (χ2v) is 4.98. The SMILES string of the molecule is CC1(O)CN(CCCC2CCCO2)C1. The first kappa shape index (κ1) is 10.4. The highest BCUT2D eigenvalue weighted by Crippen LogP contribution is 2.21. The van der Waals surface area contributed by atoms with Gasteiger partial charge < -0.3 is 9.84 Å². The summed E-state index contributed by atoms with van der Waals surface area (Å²) >= 11 is 0. The van der Waals surface area contributed by atoms with Gasteiger partial charge in [0.15, 0.2) is 0 Å². The summed E-state index contributed by atoms with van der Waals surface area (Å²) in [6.45, 7) is 5.68. The van der Waals surface area contributed by atoms with Gasteiger partial charge in [0.25, 0.3) is 0 Å². The van der Waals surface area contributed by atoms with Crippen molar-refractivity contribution >= 4 is 0 Å². The second kappa shape index (κ2) is 4.17. The Hall–Kier alpha value is -0.120. The summed E-state index contributed by atoms with van der Waals surface area (Å²) in [4.78, 5) is 2.31. The van der Waals surface area contributed by atoms with E-state index < -0.39 is 5.60 Å². The predicted molar refractivity (Wildman–Crippen MR) is 55.3 cm³/mol. The summed E-state index contributed by atoms with van der Waals surface area (Å²) < 4.78 is 5.56. The Morgan fingerprint density at radius 3 is 2.86 bits per heavy atom. The molecule has 14 heavy (non-hydrogen) atoms. The molecule has 2 fully saturated rings. The van der Waals surface area contributed by atoms with Gasteiger partial charge in [-0.25, -0.2) is 0 Å². The Morgan fingerprint density at radius 2 is 2.29 bits per heavy atom. The summed E-state index contributed by atoms with van der Waals surface area (Å²) in [5.41, 5.74) is -0.413. The van der Waals surface area contributed by atoms with Gasteiger partial charge in [0.05, 0.1) is 11.7 Å². The highest BCUT2D eigenvalue weighted by Gasteiger charge is 2.35. The number of rotatable bonds is 4. The molecule has 0 aromatic rings. The summed E-state index contributed by atoms with van der Waals surface area (Å²) in [5.74, 6) is 0. The van der Waals surface area contributed by atoms with Gasteiger partial charge in [-0.05, 0) is 39.2 Å². The molecule has 82 valence electrons. The fourth-order valence-corrected chi connectivity index (χ4v) is 2.49. The van der Waals surface area contributed by atoms with E-state index in [2.05, 4.69) is 4.90 Å². The molecule has 2 saturated heterocycles. The first-order chi connectivity index (χ1) is 6.66. The maximum atomic E-state index is 9.53. The van der Waals surface area contributed by atoms with Gasteiger partial charge in [-0.3, -0.25) is 4.90 Å². The molecule has 2 aliphatic rings. The molecular weight excluding hydrogens is 178 g/mol. The molecule has 0 amide bonds. The Labute approximate surface area is 86.0 Å². The lowest BCUT2D eigenvalue weighted by molar-refractivity contribution is -0.0841. The lowest BCUT2D eigenvalue weighted by Gasteiger charge is -2.44. The van der Waals surface area contributed by atoms with Crippen LogP contribution in [0.2, 0.25) is 0 Å². The van der Waals surface area contributed by atoms with Crippen molar-refractivity contribution in [1.29, 1.82) is 0 Å². The van der Waals surface area contributed by atoms with Crippen molar-refractivity contribution < 1.29 is 9.84 Å². The quantitative estimate of drug-likeness (QED) is 0.733. The van der Waals surface area contributed by atoms with Crippen LogP contribution >= 0.6 is 0 Å². The van der Waals surface area contributed by atoms with Crippen molar-refractivity contribution in [2.45, 2.75) is 44.3 Å². The summed E-state index contributed by atoms with van der Waals surface area (Å²) in [7, 11) is 0. The average Bonchev–Trinajstić information content (AvgIpc) is 2.53. The third kappa shape index (κ3) is 2.69. The lowest BCUT2D eigenvalue weighted by atomic mass is 9.96. The Kier molecular flexibility index (Phi) is 3.10. The number of β-amino-alcohol motifs (C(OH)–C–C–N with tert-alkyl or cyclic N) is 1. The van der Waals surface area contributed by atoms with Crippen LogP contribution in [0.25, 0.3) is 0 Å². The standard InChI is InChI=1S/C11H21NO2/c1-11(13)8-12(9-11)6-2-4-10-5-3-7-14-10/h10,13H,2-9H2,1H3. The molecule has 2 heterocycles. The minimum absolute atomic E-state index is 0.413. The monoisotopic (exact) mass is 199 g/mol. The van der Waals surface area contributed by atoms with Crippen LogP contribution < -0.4 is 0 Å². The summed E-state index contributed by atoms with van der Waals surface area (Å²) in [5, 5.41) is 9.53. The van der Waals surface area contributed by atoms with Gasteiger partial charge in [-0.2, -0.15) is 0 Å². The number of hydrogen-bond acceptors (Lipinski definition) is 3. The van der Waals surface area contributed by atoms with E-state index >= 15 is 0 Å². The average molecular weight is 199 g/mol. The molecule has 0 spiro atoms. The molecule has 0 radical (unpaired) electrons. The van der Waals surface area contributed by atoms with Gasteiger partial charge in [0, 0.05) is 19.7 Å². The number of aliphatic hydroxyl groups is 1. The van der Waals surface area contributed by atoms with Gasteiger partial charge >= 0.3 is 0 Å². The molecule has 1 atom stereocenters. The van der Waals surface area contributed by atoms with Gasteiger partial charge in [-0.15, -0.1) is 0 Å². The Balaban J connectivity index is 1.51. The second-order valence-electron chi connectivity index (χ2n) is 4.98. The topological polar surface area (TPSA) is 32.7 Å². The zero-order valence-corrected chi connectivity index (χ0v) is 9.04. The van der Waals surface area contributed by atoms with Gasteiger partial charge in [0.2, 0.25) is 0 Å². The molecule has 3 heteroatoms. The van der Waals surface area contributed by atoms with E-state index in [1.807, 2.05) is 6.92 Å². The Morgan fingerprint density at radius 1 is 1.50 bits per heavy atom. The number of nitrogens with zero attached hydrogens (tertiary/aromatic N) is 1. The van der Waals surface area contributed by atoms with E-state index in [0.717, 1.165) is 26.2 Å². The van der Waals surface area contributed by atoms with E-state index in [1.54, 1.807) is 0 Å². The van der Waals surface area contributed by atoms with Crippen molar-refractivity contribution in [2.24, 2.45) is 0 Å². The molecule has 0 aliphatic carbocycles. The largest absolute Gasteiger partial charge is 0.388 e.